The summed E-state index contributed by atoms with van der Waals surface area (Å²) in [6, 6.07) is 3.90. The fourth-order valence-corrected chi connectivity index (χ4v) is 2.22. The fourth-order valence-electron chi connectivity index (χ4n) is 1.40. The van der Waals surface area contributed by atoms with E-state index in [9.17, 15) is 4.79 Å². The van der Waals surface area contributed by atoms with E-state index in [1.807, 2.05) is 20.0 Å². The van der Waals surface area contributed by atoms with Gasteiger partial charge in [-0.25, -0.2) is 0 Å². The number of amides is 1. The van der Waals surface area contributed by atoms with Crippen LogP contribution < -0.4 is 5.73 Å². The van der Waals surface area contributed by atoms with Gasteiger partial charge in [0.25, 0.3) is 0 Å². The highest BCUT2D eigenvalue weighted by atomic mass is 32.1. The summed E-state index contributed by atoms with van der Waals surface area (Å²) >= 11 is 1.72. The van der Waals surface area contributed by atoms with Crippen molar-refractivity contribution in [1.29, 1.82) is 0 Å². The lowest BCUT2D eigenvalue weighted by atomic mass is 10.1. The zero-order chi connectivity index (χ0) is 11.4. The van der Waals surface area contributed by atoms with Crippen LogP contribution in [0.1, 0.15) is 18.7 Å². The molecule has 84 valence electrons. The lowest BCUT2D eigenvalue weighted by Crippen LogP contribution is -2.44. The van der Waals surface area contributed by atoms with Gasteiger partial charge >= 0.3 is 0 Å². The van der Waals surface area contributed by atoms with Gasteiger partial charge in [-0.1, -0.05) is 6.07 Å². The summed E-state index contributed by atoms with van der Waals surface area (Å²) in [7, 11) is 1.81. The maximum absolute atomic E-state index is 11.6. The molecule has 3 nitrogen and oxygen atoms in total. The molecule has 15 heavy (non-hydrogen) atoms. The molecule has 1 aromatic heterocycles. The van der Waals surface area contributed by atoms with Crippen LogP contribution in [0, 0.1) is 0 Å². The standard InChI is InChI=1S/C11H18N2OS/c1-8(7-10-5-4-6-15-10)13(3)11(14)9(2)12/h4-6,8-9H,7,12H2,1-3H3/t8?,9-/m0/s1. The first-order chi connectivity index (χ1) is 7.02. The van der Waals surface area contributed by atoms with Gasteiger partial charge in [0, 0.05) is 24.4 Å². The number of nitrogens with two attached hydrogens (primary N) is 1. The predicted molar refractivity (Wildman–Crippen MR) is 63.9 cm³/mol. The van der Waals surface area contributed by atoms with Crippen molar-refractivity contribution in [2.45, 2.75) is 32.4 Å². The third kappa shape index (κ3) is 3.32. The minimum atomic E-state index is -0.416. The average molecular weight is 226 g/mol. The molecule has 0 aromatic carbocycles. The van der Waals surface area contributed by atoms with Crippen LogP contribution >= 0.6 is 11.3 Å². The lowest BCUT2D eigenvalue weighted by molar-refractivity contribution is -0.132. The van der Waals surface area contributed by atoms with E-state index in [1.165, 1.54) is 4.88 Å². The molecule has 1 amide bonds. The largest absolute Gasteiger partial charge is 0.341 e. The zero-order valence-electron chi connectivity index (χ0n) is 9.43. The maximum atomic E-state index is 11.6. The van der Waals surface area contributed by atoms with Crippen molar-refractivity contribution in [2.24, 2.45) is 5.73 Å². The minimum absolute atomic E-state index is 0.000874. The molecule has 4 heteroatoms. The lowest BCUT2D eigenvalue weighted by Gasteiger charge is -2.26. The van der Waals surface area contributed by atoms with Crippen LogP contribution in [0.15, 0.2) is 17.5 Å². The Morgan fingerprint density at radius 3 is 2.73 bits per heavy atom. The summed E-state index contributed by atoms with van der Waals surface area (Å²) in [5.41, 5.74) is 5.56. The van der Waals surface area contributed by atoms with E-state index in [0.29, 0.717) is 0 Å². The highest BCUT2D eigenvalue weighted by Gasteiger charge is 2.19. The molecule has 0 aliphatic carbocycles. The first-order valence-electron chi connectivity index (χ1n) is 5.07. The molecule has 0 aliphatic heterocycles. The fraction of sp³-hybridized carbons (Fsp3) is 0.545. The van der Waals surface area contributed by atoms with E-state index in [1.54, 1.807) is 23.2 Å². The summed E-state index contributed by atoms with van der Waals surface area (Å²) in [6.45, 7) is 3.76. The van der Waals surface area contributed by atoms with Gasteiger partial charge in [-0.05, 0) is 25.3 Å². The molecule has 0 aliphatic rings. The van der Waals surface area contributed by atoms with Crippen LogP contribution in [0.25, 0.3) is 0 Å². The monoisotopic (exact) mass is 226 g/mol. The molecule has 1 aromatic rings. The SMILES string of the molecule is CC(Cc1cccs1)N(C)C(=O)[C@H](C)N. The Bertz CT molecular complexity index is 308. The number of nitrogens with zero attached hydrogens (tertiary/aromatic N) is 1. The second-order valence-electron chi connectivity index (χ2n) is 3.87. The summed E-state index contributed by atoms with van der Waals surface area (Å²) in [5, 5.41) is 2.05. The zero-order valence-corrected chi connectivity index (χ0v) is 10.3. The Balaban J connectivity index is 2.53. The van der Waals surface area contributed by atoms with Crippen molar-refractivity contribution in [3.8, 4) is 0 Å². The summed E-state index contributed by atoms with van der Waals surface area (Å²) in [6.07, 6.45) is 0.895. The second kappa shape index (κ2) is 5.28. The number of hydrogen-bond acceptors (Lipinski definition) is 3. The van der Waals surface area contributed by atoms with Gasteiger partial charge in [-0.2, -0.15) is 0 Å². The van der Waals surface area contributed by atoms with Crippen molar-refractivity contribution in [3.63, 3.8) is 0 Å². The average Bonchev–Trinajstić information content (AvgIpc) is 2.67. The van der Waals surface area contributed by atoms with Crippen molar-refractivity contribution in [3.05, 3.63) is 22.4 Å². The number of carbonyl (C=O) groups excluding carboxylic acids is 1. The van der Waals surface area contributed by atoms with Crippen LogP contribution in [0.3, 0.4) is 0 Å². The van der Waals surface area contributed by atoms with Crippen LogP contribution in [0.5, 0.6) is 0 Å². The third-order valence-electron chi connectivity index (χ3n) is 2.48. The first kappa shape index (κ1) is 12.2. The number of rotatable bonds is 4. The molecule has 1 unspecified atom stereocenters. The molecule has 0 spiro atoms. The number of carbonyl (C=O) groups is 1. The van der Waals surface area contributed by atoms with E-state index in [2.05, 4.69) is 11.4 Å². The summed E-state index contributed by atoms with van der Waals surface area (Å²) < 4.78 is 0. The molecular weight excluding hydrogens is 208 g/mol. The summed E-state index contributed by atoms with van der Waals surface area (Å²) in [4.78, 5) is 14.6. The Labute approximate surface area is 94.9 Å². The Kier molecular flexibility index (Phi) is 4.29. The van der Waals surface area contributed by atoms with Gasteiger partial charge < -0.3 is 10.6 Å². The molecule has 0 saturated carbocycles. The molecule has 2 N–H and O–H groups in total. The van der Waals surface area contributed by atoms with Crippen molar-refractivity contribution in [2.75, 3.05) is 7.05 Å². The van der Waals surface area contributed by atoms with Gasteiger partial charge in [-0.15, -0.1) is 11.3 Å². The third-order valence-corrected chi connectivity index (χ3v) is 3.37. The van der Waals surface area contributed by atoms with Crippen LogP contribution in [0.4, 0.5) is 0 Å². The number of hydrogen-bond donors (Lipinski definition) is 1. The minimum Gasteiger partial charge on any atom is -0.341 e. The first-order valence-corrected chi connectivity index (χ1v) is 5.95. The van der Waals surface area contributed by atoms with Gasteiger partial charge in [0.2, 0.25) is 5.91 Å². The second-order valence-corrected chi connectivity index (χ2v) is 4.90. The van der Waals surface area contributed by atoms with Crippen molar-refractivity contribution in [1.82, 2.24) is 4.90 Å². The van der Waals surface area contributed by atoms with E-state index in [0.717, 1.165) is 6.42 Å². The number of likely N-dealkylation sites (N-methyl/N-ethyl adjacent to an activating group) is 1. The van der Waals surface area contributed by atoms with Crippen molar-refractivity contribution >= 4 is 17.2 Å². The molecule has 2 atom stereocenters. The van der Waals surface area contributed by atoms with E-state index in [4.69, 9.17) is 5.73 Å². The highest BCUT2D eigenvalue weighted by Crippen LogP contribution is 2.13. The Morgan fingerprint density at radius 2 is 2.27 bits per heavy atom. The number of thiophene rings is 1. The smallest absolute Gasteiger partial charge is 0.239 e. The molecular formula is C11H18N2OS. The van der Waals surface area contributed by atoms with E-state index >= 15 is 0 Å². The maximum Gasteiger partial charge on any atom is 0.239 e. The normalized spacial score (nSPS) is 14.7. The van der Waals surface area contributed by atoms with Crippen molar-refractivity contribution < 1.29 is 4.79 Å². The molecule has 0 saturated heterocycles. The molecule has 1 heterocycles. The quantitative estimate of drug-likeness (QED) is 0.845. The Hall–Kier alpha value is -0.870. The highest BCUT2D eigenvalue weighted by molar-refractivity contribution is 7.09. The van der Waals surface area contributed by atoms with Crippen LogP contribution in [0.2, 0.25) is 0 Å². The van der Waals surface area contributed by atoms with Gasteiger partial charge in [0.05, 0.1) is 6.04 Å². The van der Waals surface area contributed by atoms with Crippen LogP contribution in [-0.2, 0) is 11.2 Å². The van der Waals surface area contributed by atoms with E-state index in [-0.39, 0.29) is 11.9 Å². The molecule has 0 radical (unpaired) electrons. The van der Waals surface area contributed by atoms with Gasteiger partial charge in [0.15, 0.2) is 0 Å². The molecule has 0 bridgehead atoms. The molecule has 0 fully saturated rings. The van der Waals surface area contributed by atoms with E-state index < -0.39 is 6.04 Å². The van der Waals surface area contributed by atoms with Gasteiger partial charge in [0.1, 0.15) is 0 Å². The molecule has 1 rings (SSSR count). The van der Waals surface area contributed by atoms with Crippen LogP contribution in [-0.4, -0.2) is 29.9 Å². The predicted octanol–water partition coefficient (Wildman–Crippen LogP) is 1.48. The Morgan fingerprint density at radius 1 is 1.60 bits per heavy atom. The summed E-state index contributed by atoms with van der Waals surface area (Å²) in [5.74, 6) is -0.000874. The van der Waals surface area contributed by atoms with Gasteiger partial charge in [-0.3, -0.25) is 4.79 Å². The topological polar surface area (TPSA) is 46.3 Å².